The second-order valence-corrected chi connectivity index (χ2v) is 5.18. The molecule has 0 unspecified atom stereocenters. The maximum absolute atomic E-state index is 3.60. The third kappa shape index (κ3) is 2.62. The van der Waals surface area contributed by atoms with Crippen LogP contribution in [-0.4, -0.2) is 6.04 Å². The number of hydrogen-bond acceptors (Lipinski definition) is 1. The molecule has 0 aromatic heterocycles. The van der Waals surface area contributed by atoms with Crippen LogP contribution in [0.5, 0.6) is 0 Å². The van der Waals surface area contributed by atoms with Crippen LogP contribution in [0.2, 0.25) is 0 Å². The molecule has 1 saturated carbocycles. The molecule has 92 valence electrons. The molecule has 1 nitrogen and oxygen atoms in total. The van der Waals surface area contributed by atoms with E-state index in [1.807, 2.05) is 0 Å². The van der Waals surface area contributed by atoms with Crippen molar-refractivity contribution < 1.29 is 0 Å². The highest BCUT2D eigenvalue weighted by molar-refractivity contribution is 5.67. The van der Waals surface area contributed by atoms with Crippen molar-refractivity contribution in [3.63, 3.8) is 0 Å². The lowest BCUT2D eigenvalue weighted by Gasteiger charge is -2.11. The lowest BCUT2D eigenvalue weighted by Crippen LogP contribution is -2.15. The molecular formula is C17H19N. The Morgan fingerprint density at radius 3 is 2.67 bits per heavy atom. The van der Waals surface area contributed by atoms with Gasteiger partial charge in [0.15, 0.2) is 0 Å². The molecule has 0 heterocycles. The first-order valence-electron chi connectivity index (χ1n) is 6.71. The van der Waals surface area contributed by atoms with Crippen molar-refractivity contribution >= 4 is 0 Å². The average Bonchev–Trinajstić information content (AvgIpc) is 3.21. The maximum atomic E-state index is 3.60. The minimum atomic E-state index is 0.760. The highest BCUT2D eigenvalue weighted by atomic mass is 14.9. The fourth-order valence-corrected chi connectivity index (χ4v) is 2.31. The Morgan fingerprint density at radius 2 is 1.89 bits per heavy atom. The van der Waals surface area contributed by atoms with Crippen molar-refractivity contribution in [2.75, 3.05) is 0 Å². The normalized spacial score (nSPS) is 14.7. The topological polar surface area (TPSA) is 12.0 Å². The Bertz CT molecular complexity index is 541. The summed E-state index contributed by atoms with van der Waals surface area (Å²) in [7, 11) is 0. The summed E-state index contributed by atoms with van der Waals surface area (Å²) in [4.78, 5) is 0. The Morgan fingerprint density at radius 1 is 1.06 bits per heavy atom. The predicted molar refractivity (Wildman–Crippen MR) is 76.5 cm³/mol. The standard InChI is InChI=1S/C17H19N/c1-13-5-4-7-14(11-13)17-8-3-2-6-15(17)12-18-16-9-10-16/h2-8,11,16,18H,9-10,12H2,1H3. The summed E-state index contributed by atoms with van der Waals surface area (Å²) in [6.45, 7) is 3.13. The van der Waals surface area contributed by atoms with Crippen LogP contribution in [0.15, 0.2) is 48.5 Å². The van der Waals surface area contributed by atoms with Gasteiger partial charge in [-0.1, -0.05) is 54.1 Å². The fourth-order valence-electron chi connectivity index (χ4n) is 2.31. The Kier molecular flexibility index (Phi) is 3.16. The summed E-state index contributed by atoms with van der Waals surface area (Å²) >= 11 is 0. The van der Waals surface area contributed by atoms with Gasteiger partial charge in [-0.15, -0.1) is 0 Å². The van der Waals surface area contributed by atoms with E-state index in [4.69, 9.17) is 0 Å². The molecule has 0 amide bonds. The van der Waals surface area contributed by atoms with Crippen LogP contribution in [0.25, 0.3) is 11.1 Å². The van der Waals surface area contributed by atoms with Crippen LogP contribution >= 0.6 is 0 Å². The van der Waals surface area contributed by atoms with E-state index < -0.39 is 0 Å². The van der Waals surface area contributed by atoms with Crippen LogP contribution in [-0.2, 0) is 6.54 Å². The quantitative estimate of drug-likeness (QED) is 0.850. The van der Waals surface area contributed by atoms with Gasteiger partial charge in [0.2, 0.25) is 0 Å². The minimum Gasteiger partial charge on any atom is -0.310 e. The van der Waals surface area contributed by atoms with E-state index in [0.717, 1.165) is 12.6 Å². The van der Waals surface area contributed by atoms with E-state index in [1.54, 1.807) is 0 Å². The van der Waals surface area contributed by atoms with Crippen LogP contribution in [0.4, 0.5) is 0 Å². The van der Waals surface area contributed by atoms with Crippen LogP contribution in [0.1, 0.15) is 24.0 Å². The first-order valence-corrected chi connectivity index (χ1v) is 6.71. The van der Waals surface area contributed by atoms with Crippen molar-refractivity contribution in [3.05, 3.63) is 59.7 Å². The van der Waals surface area contributed by atoms with Gasteiger partial charge in [0.1, 0.15) is 0 Å². The van der Waals surface area contributed by atoms with E-state index in [-0.39, 0.29) is 0 Å². The summed E-state index contributed by atoms with van der Waals surface area (Å²) in [5, 5.41) is 3.60. The van der Waals surface area contributed by atoms with E-state index in [0.29, 0.717) is 0 Å². The van der Waals surface area contributed by atoms with Crippen molar-refractivity contribution in [2.45, 2.75) is 32.4 Å². The molecule has 1 aliphatic rings. The Labute approximate surface area is 109 Å². The van der Waals surface area contributed by atoms with Crippen molar-refractivity contribution in [3.8, 4) is 11.1 Å². The zero-order chi connectivity index (χ0) is 12.4. The largest absolute Gasteiger partial charge is 0.310 e. The zero-order valence-electron chi connectivity index (χ0n) is 10.8. The molecule has 1 aliphatic carbocycles. The lowest BCUT2D eigenvalue weighted by atomic mass is 9.98. The van der Waals surface area contributed by atoms with Crippen molar-refractivity contribution in [2.24, 2.45) is 0 Å². The zero-order valence-corrected chi connectivity index (χ0v) is 10.8. The maximum Gasteiger partial charge on any atom is 0.0214 e. The molecule has 2 aromatic rings. The number of rotatable bonds is 4. The van der Waals surface area contributed by atoms with E-state index in [1.165, 1.54) is 35.1 Å². The SMILES string of the molecule is Cc1cccc(-c2ccccc2CNC2CC2)c1. The van der Waals surface area contributed by atoms with Gasteiger partial charge in [-0.3, -0.25) is 0 Å². The summed E-state index contributed by atoms with van der Waals surface area (Å²) in [6.07, 6.45) is 2.68. The second-order valence-electron chi connectivity index (χ2n) is 5.18. The molecule has 1 N–H and O–H groups in total. The Balaban J connectivity index is 1.89. The third-order valence-electron chi connectivity index (χ3n) is 3.50. The first kappa shape index (κ1) is 11.5. The van der Waals surface area contributed by atoms with Gasteiger partial charge in [-0.2, -0.15) is 0 Å². The molecule has 2 aromatic carbocycles. The molecule has 3 rings (SSSR count). The molecule has 0 radical (unpaired) electrons. The summed E-state index contributed by atoms with van der Waals surface area (Å²) < 4.78 is 0. The Hall–Kier alpha value is -1.60. The molecule has 0 saturated heterocycles. The molecule has 0 bridgehead atoms. The summed E-state index contributed by atoms with van der Waals surface area (Å²) in [5.74, 6) is 0. The van der Waals surface area contributed by atoms with Gasteiger partial charge in [0.25, 0.3) is 0 Å². The second kappa shape index (κ2) is 4.95. The average molecular weight is 237 g/mol. The molecule has 1 heteroatoms. The number of aryl methyl sites for hydroxylation is 1. The van der Waals surface area contributed by atoms with Crippen molar-refractivity contribution in [1.29, 1.82) is 0 Å². The number of benzene rings is 2. The van der Waals surface area contributed by atoms with Gasteiger partial charge in [-0.25, -0.2) is 0 Å². The molecule has 0 atom stereocenters. The van der Waals surface area contributed by atoms with Gasteiger partial charge in [0.05, 0.1) is 0 Å². The predicted octanol–water partition coefficient (Wildman–Crippen LogP) is 3.91. The van der Waals surface area contributed by atoms with Crippen LogP contribution in [0.3, 0.4) is 0 Å². The molecule has 18 heavy (non-hydrogen) atoms. The van der Waals surface area contributed by atoms with E-state index >= 15 is 0 Å². The smallest absolute Gasteiger partial charge is 0.0214 e. The molecule has 1 fully saturated rings. The van der Waals surface area contributed by atoms with Crippen LogP contribution in [0, 0.1) is 6.92 Å². The van der Waals surface area contributed by atoms with E-state index in [9.17, 15) is 0 Å². The van der Waals surface area contributed by atoms with Crippen molar-refractivity contribution in [1.82, 2.24) is 5.32 Å². The lowest BCUT2D eigenvalue weighted by molar-refractivity contribution is 0.689. The molecular weight excluding hydrogens is 218 g/mol. The summed E-state index contributed by atoms with van der Waals surface area (Å²) in [6, 6.07) is 18.2. The van der Waals surface area contributed by atoms with E-state index in [2.05, 4.69) is 60.8 Å². The molecule has 0 spiro atoms. The van der Waals surface area contributed by atoms with Gasteiger partial charge >= 0.3 is 0 Å². The van der Waals surface area contributed by atoms with Gasteiger partial charge < -0.3 is 5.32 Å². The van der Waals surface area contributed by atoms with Crippen LogP contribution < -0.4 is 5.32 Å². The van der Waals surface area contributed by atoms with Gasteiger partial charge in [-0.05, 0) is 36.5 Å². The number of nitrogens with one attached hydrogen (secondary N) is 1. The summed E-state index contributed by atoms with van der Waals surface area (Å²) in [5.41, 5.74) is 5.39. The monoisotopic (exact) mass is 237 g/mol. The first-order chi connectivity index (χ1) is 8.83. The fraction of sp³-hybridized carbons (Fsp3) is 0.294. The minimum absolute atomic E-state index is 0.760. The highest BCUT2D eigenvalue weighted by Crippen LogP contribution is 2.26. The number of hydrogen-bond donors (Lipinski definition) is 1. The molecule has 0 aliphatic heterocycles. The highest BCUT2D eigenvalue weighted by Gasteiger charge is 2.20. The third-order valence-corrected chi connectivity index (χ3v) is 3.50. The van der Waals surface area contributed by atoms with Gasteiger partial charge in [0, 0.05) is 12.6 Å².